The molecule has 8 nitrogen and oxygen atoms in total. The quantitative estimate of drug-likeness (QED) is 0.474. The third kappa shape index (κ3) is 4.06. The first-order valence-electron chi connectivity index (χ1n) is 8.83. The summed E-state index contributed by atoms with van der Waals surface area (Å²) in [7, 11) is 0. The zero-order valence-electron chi connectivity index (χ0n) is 15.9. The number of aryl methyl sites for hydroxylation is 2. The Morgan fingerprint density at radius 2 is 1.89 bits per heavy atom. The lowest BCUT2D eigenvalue weighted by molar-refractivity contribution is -0.385. The summed E-state index contributed by atoms with van der Waals surface area (Å²) in [4.78, 5) is 29.2. The van der Waals surface area contributed by atoms with Gasteiger partial charge in [-0.3, -0.25) is 14.9 Å². The predicted octanol–water partition coefficient (Wildman–Crippen LogP) is 3.92. The number of rotatable bonds is 6. The standard InChI is InChI=1S/C20H20N4O4/c1-4-23(20(25)16-9-10-17(24(26)27)14(3)11-16)12-18-21-19(22-28-18)15-7-5-13(2)6-8-15/h5-11H,4,12H2,1-3H3. The van der Waals surface area contributed by atoms with Crippen molar-refractivity contribution in [2.45, 2.75) is 27.3 Å². The Balaban J connectivity index is 1.77. The molecule has 28 heavy (non-hydrogen) atoms. The van der Waals surface area contributed by atoms with Crippen LogP contribution < -0.4 is 0 Å². The monoisotopic (exact) mass is 380 g/mol. The lowest BCUT2D eigenvalue weighted by Crippen LogP contribution is -2.30. The van der Waals surface area contributed by atoms with Crippen molar-refractivity contribution in [2.24, 2.45) is 0 Å². The van der Waals surface area contributed by atoms with Crippen molar-refractivity contribution in [2.75, 3.05) is 6.54 Å². The summed E-state index contributed by atoms with van der Waals surface area (Å²) < 4.78 is 5.30. The largest absolute Gasteiger partial charge is 0.337 e. The molecule has 1 amide bonds. The number of hydrogen-bond acceptors (Lipinski definition) is 6. The summed E-state index contributed by atoms with van der Waals surface area (Å²) >= 11 is 0. The highest BCUT2D eigenvalue weighted by Crippen LogP contribution is 2.21. The smallest absolute Gasteiger partial charge is 0.272 e. The van der Waals surface area contributed by atoms with Crippen LogP contribution in [-0.4, -0.2) is 32.4 Å². The van der Waals surface area contributed by atoms with Crippen LogP contribution in [0.2, 0.25) is 0 Å². The molecule has 0 atom stereocenters. The normalized spacial score (nSPS) is 10.7. The van der Waals surface area contributed by atoms with E-state index in [4.69, 9.17) is 4.52 Å². The van der Waals surface area contributed by atoms with Gasteiger partial charge in [-0.05, 0) is 32.9 Å². The molecule has 144 valence electrons. The second-order valence-corrected chi connectivity index (χ2v) is 6.46. The number of carbonyl (C=O) groups excluding carboxylic acids is 1. The molecule has 3 rings (SSSR count). The minimum Gasteiger partial charge on any atom is -0.337 e. The van der Waals surface area contributed by atoms with Crippen LogP contribution in [0, 0.1) is 24.0 Å². The number of nitro groups is 1. The van der Waals surface area contributed by atoms with Gasteiger partial charge in [0.05, 0.1) is 4.92 Å². The second-order valence-electron chi connectivity index (χ2n) is 6.46. The van der Waals surface area contributed by atoms with E-state index in [1.54, 1.807) is 11.8 Å². The van der Waals surface area contributed by atoms with E-state index in [1.807, 2.05) is 38.1 Å². The van der Waals surface area contributed by atoms with Crippen LogP contribution in [0.15, 0.2) is 47.0 Å². The van der Waals surface area contributed by atoms with E-state index in [-0.39, 0.29) is 18.1 Å². The highest BCUT2D eigenvalue weighted by Gasteiger charge is 2.20. The van der Waals surface area contributed by atoms with Crippen molar-refractivity contribution in [3.05, 3.63) is 75.2 Å². The molecule has 0 aliphatic carbocycles. The Kier molecular flexibility index (Phi) is 5.49. The summed E-state index contributed by atoms with van der Waals surface area (Å²) in [6, 6.07) is 12.1. The lowest BCUT2D eigenvalue weighted by atomic mass is 10.1. The maximum absolute atomic E-state index is 12.8. The van der Waals surface area contributed by atoms with Gasteiger partial charge in [-0.15, -0.1) is 0 Å². The molecule has 0 bridgehead atoms. The lowest BCUT2D eigenvalue weighted by Gasteiger charge is -2.19. The first kappa shape index (κ1) is 19.2. The molecule has 1 aromatic heterocycles. The summed E-state index contributed by atoms with van der Waals surface area (Å²) in [5.41, 5.74) is 2.77. The van der Waals surface area contributed by atoms with Gasteiger partial charge in [-0.1, -0.05) is 35.0 Å². The molecule has 0 unspecified atom stereocenters. The van der Waals surface area contributed by atoms with Gasteiger partial charge in [0.2, 0.25) is 11.7 Å². The van der Waals surface area contributed by atoms with Gasteiger partial charge in [0, 0.05) is 29.3 Å². The number of benzene rings is 2. The fourth-order valence-electron chi connectivity index (χ4n) is 2.81. The highest BCUT2D eigenvalue weighted by atomic mass is 16.6. The average Bonchev–Trinajstić information content (AvgIpc) is 3.14. The van der Waals surface area contributed by atoms with Crippen LogP contribution in [0.3, 0.4) is 0 Å². The molecule has 0 spiro atoms. The van der Waals surface area contributed by atoms with Gasteiger partial charge in [-0.25, -0.2) is 0 Å². The van der Waals surface area contributed by atoms with Crippen LogP contribution in [0.5, 0.6) is 0 Å². The van der Waals surface area contributed by atoms with E-state index in [0.717, 1.165) is 11.1 Å². The maximum Gasteiger partial charge on any atom is 0.272 e. The third-order valence-electron chi connectivity index (χ3n) is 4.41. The molecule has 0 aliphatic rings. The molecule has 8 heteroatoms. The molecule has 0 N–H and O–H groups in total. The van der Waals surface area contributed by atoms with Crippen molar-refractivity contribution in [3.8, 4) is 11.4 Å². The molecule has 0 aliphatic heterocycles. The Morgan fingerprint density at radius 3 is 2.50 bits per heavy atom. The van der Waals surface area contributed by atoms with Gasteiger partial charge in [-0.2, -0.15) is 4.98 Å². The molecule has 1 heterocycles. The summed E-state index contributed by atoms with van der Waals surface area (Å²) in [6.07, 6.45) is 0. The third-order valence-corrected chi connectivity index (χ3v) is 4.41. The zero-order valence-corrected chi connectivity index (χ0v) is 15.9. The van der Waals surface area contributed by atoms with Gasteiger partial charge >= 0.3 is 0 Å². The van der Waals surface area contributed by atoms with E-state index in [1.165, 1.54) is 18.2 Å². The molecule has 0 radical (unpaired) electrons. The number of carbonyl (C=O) groups is 1. The maximum atomic E-state index is 12.8. The molecule has 2 aromatic carbocycles. The molecule has 3 aromatic rings. The molecule has 0 fully saturated rings. The minimum atomic E-state index is -0.466. The van der Waals surface area contributed by atoms with Gasteiger partial charge < -0.3 is 9.42 Å². The van der Waals surface area contributed by atoms with E-state index < -0.39 is 4.92 Å². The second kappa shape index (κ2) is 7.99. The average molecular weight is 380 g/mol. The van der Waals surface area contributed by atoms with Crippen molar-refractivity contribution in [3.63, 3.8) is 0 Å². The van der Waals surface area contributed by atoms with Crippen LogP contribution >= 0.6 is 0 Å². The van der Waals surface area contributed by atoms with E-state index in [0.29, 0.717) is 29.4 Å². The first-order chi connectivity index (χ1) is 13.4. The van der Waals surface area contributed by atoms with E-state index in [9.17, 15) is 14.9 Å². The van der Waals surface area contributed by atoms with Crippen molar-refractivity contribution < 1.29 is 14.2 Å². The SMILES string of the molecule is CCN(Cc1nc(-c2ccc(C)cc2)no1)C(=O)c1ccc([N+](=O)[O-])c(C)c1. The molecular formula is C20H20N4O4. The number of hydrogen-bond donors (Lipinski definition) is 0. The number of nitrogens with zero attached hydrogens (tertiary/aromatic N) is 4. The number of nitro benzene ring substituents is 1. The number of aromatic nitrogens is 2. The predicted molar refractivity (Wildman–Crippen MR) is 103 cm³/mol. The van der Waals surface area contributed by atoms with Crippen molar-refractivity contribution in [1.29, 1.82) is 0 Å². The zero-order chi connectivity index (χ0) is 20.3. The Hall–Kier alpha value is -3.55. The van der Waals surface area contributed by atoms with E-state index >= 15 is 0 Å². The Bertz CT molecular complexity index is 1010. The van der Waals surface area contributed by atoms with Gasteiger partial charge in [0.1, 0.15) is 6.54 Å². The highest BCUT2D eigenvalue weighted by molar-refractivity contribution is 5.94. The van der Waals surface area contributed by atoms with E-state index in [2.05, 4.69) is 10.1 Å². The fraction of sp³-hybridized carbons (Fsp3) is 0.250. The summed E-state index contributed by atoms with van der Waals surface area (Å²) in [5, 5.41) is 14.9. The van der Waals surface area contributed by atoms with Crippen molar-refractivity contribution >= 4 is 11.6 Å². The minimum absolute atomic E-state index is 0.0146. The molecule has 0 saturated heterocycles. The fourth-order valence-corrected chi connectivity index (χ4v) is 2.81. The van der Waals surface area contributed by atoms with Crippen LogP contribution in [0.4, 0.5) is 5.69 Å². The van der Waals surface area contributed by atoms with Crippen LogP contribution in [0.25, 0.3) is 11.4 Å². The van der Waals surface area contributed by atoms with Crippen molar-refractivity contribution in [1.82, 2.24) is 15.0 Å². The molecule has 0 saturated carbocycles. The first-order valence-corrected chi connectivity index (χ1v) is 8.83. The van der Waals surface area contributed by atoms with Gasteiger partial charge in [0.25, 0.3) is 11.6 Å². The molecular weight excluding hydrogens is 360 g/mol. The Labute approximate surface area is 161 Å². The van der Waals surface area contributed by atoms with Crippen LogP contribution in [-0.2, 0) is 6.54 Å². The van der Waals surface area contributed by atoms with Crippen LogP contribution in [0.1, 0.15) is 34.3 Å². The van der Waals surface area contributed by atoms with Gasteiger partial charge in [0.15, 0.2) is 0 Å². The summed E-state index contributed by atoms with van der Waals surface area (Å²) in [5.74, 6) is 0.532. The Morgan fingerprint density at radius 1 is 1.18 bits per heavy atom. The topological polar surface area (TPSA) is 102 Å². The number of amides is 1. The summed E-state index contributed by atoms with van der Waals surface area (Å²) in [6.45, 7) is 6.03.